The number of aromatic nitrogens is 2. The summed E-state index contributed by atoms with van der Waals surface area (Å²) in [6.45, 7) is 0.417. The van der Waals surface area contributed by atoms with E-state index in [0.29, 0.717) is 22.1 Å². The number of nitrogens with zero attached hydrogens (tertiary/aromatic N) is 1. The molecular weight excluding hydrogens is 362 g/mol. The van der Waals surface area contributed by atoms with Gasteiger partial charge in [-0.2, -0.15) is 0 Å². The van der Waals surface area contributed by atoms with E-state index < -0.39 is 0 Å². The van der Waals surface area contributed by atoms with Crippen molar-refractivity contribution in [3.63, 3.8) is 0 Å². The molecule has 1 aromatic carbocycles. The third-order valence-corrected chi connectivity index (χ3v) is 4.57. The van der Waals surface area contributed by atoms with Crippen molar-refractivity contribution in [2.45, 2.75) is 6.54 Å². The molecule has 0 spiro atoms. The second-order valence-electron chi connectivity index (χ2n) is 4.13. The summed E-state index contributed by atoms with van der Waals surface area (Å²) in [6, 6.07) is 7.32. The lowest BCUT2D eigenvalue weighted by Crippen LogP contribution is -2.13. The number of fused-ring (bicyclic) bond motifs is 1. The number of thiophene rings is 1. The molecule has 0 bridgehead atoms. The maximum Gasteiger partial charge on any atom is 0.268 e. The summed E-state index contributed by atoms with van der Waals surface area (Å²) >= 11 is 10.8. The van der Waals surface area contributed by atoms with Crippen LogP contribution in [0.3, 0.4) is 0 Å². The van der Waals surface area contributed by atoms with Gasteiger partial charge < -0.3 is 10.3 Å². The van der Waals surface area contributed by atoms with Gasteiger partial charge in [0.05, 0.1) is 17.7 Å². The maximum atomic E-state index is 11.8. The first kappa shape index (κ1) is 13.6. The molecule has 0 unspecified atom stereocenters. The summed E-state index contributed by atoms with van der Waals surface area (Å²) in [7, 11) is 0. The normalized spacial score (nSPS) is 10.9. The summed E-state index contributed by atoms with van der Waals surface area (Å²) in [5.41, 5.74) is 1.47. The van der Waals surface area contributed by atoms with E-state index in [1.807, 2.05) is 23.6 Å². The first-order valence-electron chi connectivity index (χ1n) is 5.79. The van der Waals surface area contributed by atoms with E-state index in [4.69, 9.17) is 11.6 Å². The number of halogens is 2. The van der Waals surface area contributed by atoms with Gasteiger partial charge in [-0.15, -0.1) is 11.3 Å². The summed E-state index contributed by atoms with van der Waals surface area (Å²) in [6.07, 6.45) is 0. The van der Waals surface area contributed by atoms with E-state index in [0.717, 1.165) is 15.7 Å². The molecule has 102 valence electrons. The van der Waals surface area contributed by atoms with Crippen LogP contribution in [0.25, 0.3) is 10.2 Å². The van der Waals surface area contributed by atoms with Crippen molar-refractivity contribution in [1.29, 1.82) is 0 Å². The summed E-state index contributed by atoms with van der Waals surface area (Å²) < 4.78 is 1.55. The molecular formula is C13H9BrClN3OS. The molecule has 0 aliphatic carbocycles. The second-order valence-corrected chi connectivity index (χ2v) is 6.33. The Kier molecular flexibility index (Phi) is 3.78. The van der Waals surface area contributed by atoms with E-state index in [1.165, 1.54) is 11.3 Å². The standard InChI is InChI=1S/C13H9BrClN3OS/c14-8-2-1-7(15)5-10(8)16-6-11-17-9-3-4-20-12(9)13(19)18-11/h1-5,16H,6H2,(H,17,18,19). The number of anilines is 1. The molecule has 0 aliphatic heterocycles. The molecule has 0 atom stereocenters. The molecule has 2 aromatic heterocycles. The fraction of sp³-hybridized carbons (Fsp3) is 0.0769. The number of H-pyrrole nitrogens is 1. The number of hydrogen-bond donors (Lipinski definition) is 2. The lowest BCUT2D eigenvalue weighted by atomic mass is 10.3. The molecule has 0 saturated heterocycles. The first-order chi connectivity index (χ1) is 9.63. The Morgan fingerprint density at radius 1 is 1.40 bits per heavy atom. The van der Waals surface area contributed by atoms with Crippen LogP contribution in [0.1, 0.15) is 5.82 Å². The van der Waals surface area contributed by atoms with Crippen LogP contribution in [0.15, 0.2) is 38.9 Å². The predicted octanol–water partition coefficient (Wildman–Crippen LogP) is 4.01. The van der Waals surface area contributed by atoms with Gasteiger partial charge in [-0.05, 0) is 45.6 Å². The van der Waals surface area contributed by atoms with Crippen LogP contribution < -0.4 is 10.9 Å². The van der Waals surface area contributed by atoms with Crippen molar-refractivity contribution >= 4 is 54.8 Å². The van der Waals surface area contributed by atoms with E-state index in [1.54, 1.807) is 6.07 Å². The number of aromatic amines is 1. The summed E-state index contributed by atoms with van der Waals surface area (Å²) in [5, 5.41) is 5.70. The first-order valence-corrected chi connectivity index (χ1v) is 7.84. The van der Waals surface area contributed by atoms with Crippen LogP contribution in [0.2, 0.25) is 5.02 Å². The van der Waals surface area contributed by atoms with Crippen molar-refractivity contribution in [3.05, 3.63) is 55.3 Å². The monoisotopic (exact) mass is 369 g/mol. The predicted molar refractivity (Wildman–Crippen MR) is 86.7 cm³/mol. The molecule has 0 fully saturated rings. The molecule has 2 heterocycles. The number of nitrogens with one attached hydrogen (secondary N) is 2. The molecule has 0 radical (unpaired) electrons. The minimum Gasteiger partial charge on any atom is -0.377 e. The van der Waals surface area contributed by atoms with Gasteiger partial charge in [0.2, 0.25) is 0 Å². The van der Waals surface area contributed by atoms with E-state index >= 15 is 0 Å². The van der Waals surface area contributed by atoms with Gasteiger partial charge in [0, 0.05) is 9.50 Å². The molecule has 4 nitrogen and oxygen atoms in total. The molecule has 0 aliphatic rings. The second kappa shape index (κ2) is 5.55. The Labute approximate surface area is 131 Å². The van der Waals surface area contributed by atoms with Gasteiger partial charge in [0.25, 0.3) is 5.56 Å². The van der Waals surface area contributed by atoms with Crippen molar-refractivity contribution < 1.29 is 0 Å². The SMILES string of the molecule is O=c1[nH]c(CNc2cc(Cl)ccc2Br)nc2ccsc12. The van der Waals surface area contributed by atoms with Crippen LogP contribution in [0.4, 0.5) is 5.69 Å². The zero-order valence-electron chi connectivity index (χ0n) is 10.1. The highest BCUT2D eigenvalue weighted by Gasteiger charge is 2.06. The summed E-state index contributed by atoms with van der Waals surface area (Å²) in [5.74, 6) is 0.591. The van der Waals surface area contributed by atoms with Crippen molar-refractivity contribution in [2.24, 2.45) is 0 Å². The lowest BCUT2D eigenvalue weighted by molar-refractivity contribution is 0.955. The van der Waals surface area contributed by atoms with Gasteiger partial charge in [0.1, 0.15) is 10.5 Å². The third kappa shape index (κ3) is 2.72. The maximum absolute atomic E-state index is 11.8. The molecule has 7 heteroatoms. The van der Waals surface area contributed by atoms with E-state index in [-0.39, 0.29) is 5.56 Å². The van der Waals surface area contributed by atoms with Crippen LogP contribution in [-0.2, 0) is 6.54 Å². The Bertz CT molecular complexity index is 830. The average molecular weight is 371 g/mol. The average Bonchev–Trinajstić information content (AvgIpc) is 2.89. The van der Waals surface area contributed by atoms with Gasteiger partial charge in [-0.1, -0.05) is 11.6 Å². The quantitative estimate of drug-likeness (QED) is 0.732. The smallest absolute Gasteiger partial charge is 0.268 e. The van der Waals surface area contributed by atoms with Crippen LogP contribution >= 0.6 is 38.9 Å². The fourth-order valence-corrected chi connectivity index (χ4v) is 3.10. The Morgan fingerprint density at radius 3 is 3.10 bits per heavy atom. The third-order valence-electron chi connectivity index (χ3n) is 2.74. The van der Waals surface area contributed by atoms with E-state index in [2.05, 4.69) is 31.2 Å². The zero-order valence-corrected chi connectivity index (χ0v) is 13.3. The highest BCUT2D eigenvalue weighted by molar-refractivity contribution is 9.10. The van der Waals surface area contributed by atoms with Crippen LogP contribution in [0.5, 0.6) is 0 Å². The molecule has 0 saturated carbocycles. The number of hydrogen-bond acceptors (Lipinski definition) is 4. The lowest BCUT2D eigenvalue weighted by Gasteiger charge is -2.08. The highest BCUT2D eigenvalue weighted by atomic mass is 79.9. The molecule has 3 aromatic rings. The summed E-state index contributed by atoms with van der Waals surface area (Å²) in [4.78, 5) is 19.0. The van der Waals surface area contributed by atoms with Crippen molar-refractivity contribution in [3.8, 4) is 0 Å². The van der Waals surface area contributed by atoms with E-state index in [9.17, 15) is 4.79 Å². The van der Waals surface area contributed by atoms with Crippen molar-refractivity contribution in [2.75, 3.05) is 5.32 Å². The topological polar surface area (TPSA) is 57.8 Å². The highest BCUT2D eigenvalue weighted by Crippen LogP contribution is 2.26. The number of benzene rings is 1. The molecule has 3 rings (SSSR count). The largest absolute Gasteiger partial charge is 0.377 e. The van der Waals surface area contributed by atoms with Gasteiger partial charge in [-0.25, -0.2) is 4.98 Å². The number of rotatable bonds is 3. The zero-order chi connectivity index (χ0) is 14.1. The minimum absolute atomic E-state index is 0.105. The Hall–Kier alpha value is -1.37. The molecule has 20 heavy (non-hydrogen) atoms. The fourth-order valence-electron chi connectivity index (χ4n) is 1.82. The van der Waals surface area contributed by atoms with Gasteiger partial charge >= 0.3 is 0 Å². The van der Waals surface area contributed by atoms with Crippen molar-refractivity contribution in [1.82, 2.24) is 9.97 Å². The Balaban J connectivity index is 1.86. The molecule has 0 amide bonds. The van der Waals surface area contributed by atoms with Gasteiger partial charge in [0.15, 0.2) is 0 Å². The minimum atomic E-state index is -0.105. The Morgan fingerprint density at radius 2 is 2.25 bits per heavy atom. The van der Waals surface area contributed by atoms with Gasteiger partial charge in [-0.3, -0.25) is 4.79 Å². The molecule has 2 N–H and O–H groups in total. The van der Waals surface area contributed by atoms with Crippen LogP contribution in [0, 0.1) is 0 Å². The van der Waals surface area contributed by atoms with Crippen LogP contribution in [-0.4, -0.2) is 9.97 Å².